The van der Waals surface area contributed by atoms with E-state index in [4.69, 9.17) is 0 Å². The summed E-state index contributed by atoms with van der Waals surface area (Å²) in [6, 6.07) is 7.12. The zero-order valence-corrected chi connectivity index (χ0v) is 12.5. The SMILES string of the molecule is CC(C)CC(O)CNC(=O)/C=C(/c1ccccc1)C(F)(F)F. The number of halogens is 3. The van der Waals surface area contributed by atoms with E-state index in [0.29, 0.717) is 12.5 Å². The smallest absolute Gasteiger partial charge is 0.391 e. The van der Waals surface area contributed by atoms with Gasteiger partial charge < -0.3 is 10.4 Å². The van der Waals surface area contributed by atoms with E-state index in [1.807, 2.05) is 13.8 Å². The zero-order chi connectivity index (χ0) is 16.8. The van der Waals surface area contributed by atoms with Gasteiger partial charge in [-0.15, -0.1) is 0 Å². The number of allylic oxidation sites excluding steroid dienone is 1. The first-order valence-electron chi connectivity index (χ1n) is 7.00. The summed E-state index contributed by atoms with van der Waals surface area (Å²) in [5.74, 6) is -0.642. The van der Waals surface area contributed by atoms with Crippen LogP contribution in [0.5, 0.6) is 0 Å². The fourth-order valence-corrected chi connectivity index (χ4v) is 1.97. The van der Waals surface area contributed by atoms with Crippen molar-refractivity contribution < 1.29 is 23.1 Å². The molecule has 0 aliphatic carbocycles. The lowest BCUT2D eigenvalue weighted by Crippen LogP contribution is -2.32. The lowest BCUT2D eigenvalue weighted by Gasteiger charge is -2.14. The highest BCUT2D eigenvalue weighted by atomic mass is 19.4. The molecule has 1 aromatic rings. The van der Waals surface area contributed by atoms with Gasteiger partial charge in [-0.1, -0.05) is 44.2 Å². The second-order valence-corrected chi connectivity index (χ2v) is 5.45. The maximum absolute atomic E-state index is 13.0. The summed E-state index contributed by atoms with van der Waals surface area (Å²) < 4.78 is 39.1. The van der Waals surface area contributed by atoms with Gasteiger partial charge in [0.1, 0.15) is 0 Å². The highest BCUT2D eigenvalue weighted by Crippen LogP contribution is 2.33. The Labute approximate surface area is 127 Å². The number of rotatable bonds is 6. The minimum absolute atomic E-state index is 0.0760. The molecule has 0 spiro atoms. The highest BCUT2D eigenvalue weighted by Gasteiger charge is 2.35. The first-order valence-corrected chi connectivity index (χ1v) is 7.00. The lowest BCUT2D eigenvalue weighted by molar-refractivity contribution is -0.117. The second kappa shape index (κ2) is 7.98. The van der Waals surface area contributed by atoms with Crippen LogP contribution in [0.15, 0.2) is 36.4 Å². The molecule has 0 aliphatic rings. The Hall–Kier alpha value is -1.82. The summed E-state index contributed by atoms with van der Waals surface area (Å²) in [6.07, 6.45) is -4.41. The third-order valence-corrected chi connectivity index (χ3v) is 2.92. The van der Waals surface area contributed by atoms with Crippen molar-refractivity contribution in [3.8, 4) is 0 Å². The molecule has 1 atom stereocenters. The number of aliphatic hydroxyl groups is 1. The molecule has 0 heterocycles. The van der Waals surface area contributed by atoms with E-state index in [1.54, 1.807) is 6.07 Å². The average molecular weight is 315 g/mol. The van der Waals surface area contributed by atoms with E-state index in [-0.39, 0.29) is 18.0 Å². The quantitative estimate of drug-likeness (QED) is 0.792. The van der Waals surface area contributed by atoms with Crippen LogP contribution in [-0.4, -0.2) is 29.8 Å². The van der Waals surface area contributed by atoms with Gasteiger partial charge in [0.25, 0.3) is 0 Å². The van der Waals surface area contributed by atoms with Crippen LogP contribution < -0.4 is 5.32 Å². The molecule has 0 saturated heterocycles. The number of aliphatic hydroxyl groups excluding tert-OH is 1. The van der Waals surface area contributed by atoms with Crippen LogP contribution in [0.25, 0.3) is 5.57 Å². The minimum Gasteiger partial charge on any atom is -0.391 e. The Balaban J connectivity index is 2.79. The van der Waals surface area contributed by atoms with Crippen molar-refractivity contribution >= 4 is 11.5 Å². The number of hydrogen-bond donors (Lipinski definition) is 2. The van der Waals surface area contributed by atoms with Crippen LogP contribution in [0.2, 0.25) is 0 Å². The van der Waals surface area contributed by atoms with Gasteiger partial charge in [-0.3, -0.25) is 4.79 Å². The van der Waals surface area contributed by atoms with E-state index in [0.717, 1.165) is 0 Å². The second-order valence-electron chi connectivity index (χ2n) is 5.45. The Bertz CT molecular complexity index is 510. The summed E-state index contributed by atoms with van der Waals surface area (Å²) in [4.78, 5) is 11.7. The van der Waals surface area contributed by atoms with Crippen LogP contribution in [0.4, 0.5) is 13.2 Å². The molecule has 3 nitrogen and oxygen atoms in total. The van der Waals surface area contributed by atoms with Crippen molar-refractivity contribution in [1.29, 1.82) is 0 Å². The Morgan fingerprint density at radius 1 is 1.27 bits per heavy atom. The number of carbonyl (C=O) groups is 1. The van der Waals surface area contributed by atoms with Gasteiger partial charge in [0.2, 0.25) is 5.91 Å². The molecule has 1 rings (SSSR count). The summed E-state index contributed by atoms with van der Waals surface area (Å²) in [5, 5.41) is 11.9. The molecule has 0 fully saturated rings. The molecule has 1 amide bonds. The van der Waals surface area contributed by atoms with Crippen LogP contribution in [0, 0.1) is 5.92 Å². The summed E-state index contributed by atoms with van der Waals surface area (Å²) in [5.41, 5.74) is -1.09. The standard InChI is InChI=1S/C16H20F3NO2/c1-11(2)8-13(21)10-20-15(22)9-14(16(17,18)19)12-6-4-3-5-7-12/h3-7,9,11,13,21H,8,10H2,1-2H3,(H,20,22)/b14-9-. The summed E-state index contributed by atoms with van der Waals surface area (Å²) in [6.45, 7) is 3.73. The van der Waals surface area contributed by atoms with Gasteiger partial charge in [-0.25, -0.2) is 0 Å². The number of benzene rings is 1. The first kappa shape index (κ1) is 18.2. The van der Waals surface area contributed by atoms with Crippen LogP contribution >= 0.6 is 0 Å². The van der Waals surface area contributed by atoms with E-state index in [2.05, 4.69) is 5.32 Å². The van der Waals surface area contributed by atoms with Crippen molar-refractivity contribution in [3.05, 3.63) is 42.0 Å². The Morgan fingerprint density at radius 2 is 1.86 bits per heavy atom. The van der Waals surface area contributed by atoms with E-state index < -0.39 is 23.8 Å². The molecule has 2 N–H and O–H groups in total. The predicted octanol–water partition coefficient (Wildman–Crippen LogP) is 3.16. The fraction of sp³-hybridized carbons (Fsp3) is 0.438. The normalized spacial score (nSPS) is 14.0. The monoisotopic (exact) mass is 315 g/mol. The molecule has 0 aliphatic heterocycles. The fourth-order valence-electron chi connectivity index (χ4n) is 1.97. The van der Waals surface area contributed by atoms with Crippen molar-refractivity contribution in [2.24, 2.45) is 5.92 Å². The Kier molecular flexibility index (Phi) is 6.61. The van der Waals surface area contributed by atoms with Gasteiger partial charge >= 0.3 is 6.18 Å². The molecular weight excluding hydrogens is 295 g/mol. The van der Waals surface area contributed by atoms with Gasteiger partial charge in [-0.2, -0.15) is 13.2 Å². The molecule has 1 unspecified atom stereocenters. The minimum atomic E-state index is -4.63. The molecule has 6 heteroatoms. The summed E-state index contributed by atoms with van der Waals surface area (Å²) in [7, 11) is 0. The summed E-state index contributed by atoms with van der Waals surface area (Å²) >= 11 is 0. The third-order valence-electron chi connectivity index (χ3n) is 2.92. The van der Waals surface area contributed by atoms with Crippen LogP contribution in [-0.2, 0) is 4.79 Å². The van der Waals surface area contributed by atoms with Crippen molar-refractivity contribution in [2.45, 2.75) is 32.5 Å². The van der Waals surface area contributed by atoms with Gasteiger partial charge in [0.05, 0.1) is 11.7 Å². The van der Waals surface area contributed by atoms with Crippen LogP contribution in [0.3, 0.4) is 0 Å². The molecule has 0 bridgehead atoms. The maximum atomic E-state index is 13.0. The van der Waals surface area contributed by atoms with E-state index >= 15 is 0 Å². The maximum Gasteiger partial charge on any atom is 0.417 e. The molecule has 1 aromatic carbocycles. The molecule has 122 valence electrons. The molecule has 0 aromatic heterocycles. The van der Waals surface area contributed by atoms with Gasteiger partial charge in [0, 0.05) is 12.6 Å². The number of carbonyl (C=O) groups excluding carboxylic acids is 1. The molecule has 0 radical (unpaired) electrons. The number of alkyl halides is 3. The van der Waals surface area contributed by atoms with Crippen LogP contribution in [0.1, 0.15) is 25.8 Å². The first-order chi connectivity index (χ1) is 10.2. The largest absolute Gasteiger partial charge is 0.417 e. The van der Waals surface area contributed by atoms with E-state index in [9.17, 15) is 23.1 Å². The lowest BCUT2D eigenvalue weighted by atomic mass is 10.0. The third kappa shape index (κ3) is 6.30. The van der Waals surface area contributed by atoms with Gasteiger partial charge in [0.15, 0.2) is 0 Å². The highest BCUT2D eigenvalue weighted by molar-refractivity contribution is 5.96. The van der Waals surface area contributed by atoms with Crippen molar-refractivity contribution in [2.75, 3.05) is 6.54 Å². The molecule has 0 saturated carbocycles. The van der Waals surface area contributed by atoms with Gasteiger partial charge in [-0.05, 0) is 17.9 Å². The van der Waals surface area contributed by atoms with Crippen molar-refractivity contribution in [1.82, 2.24) is 5.32 Å². The predicted molar refractivity (Wildman–Crippen MR) is 78.9 cm³/mol. The molecular formula is C16H20F3NO2. The number of nitrogens with one attached hydrogen (secondary N) is 1. The number of hydrogen-bond acceptors (Lipinski definition) is 2. The van der Waals surface area contributed by atoms with Crippen molar-refractivity contribution in [3.63, 3.8) is 0 Å². The zero-order valence-electron chi connectivity index (χ0n) is 12.5. The molecule has 22 heavy (non-hydrogen) atoms. The Morgan fingerprint density at radius 3 is 2.36 bits per heavy atom. The topological polar surface area (TPSA) is 49.3 Å². The average Bonchev–Trinajstić information content (AvgIpc) is 2.41. The number of amides is 1. The van der Waals surface area contributed by atoms with E-state index in [1.165, 1.54) is 24.3 Å².